The molecule has 0 aromatic rings. The molecular weight excluding hydrogens is 925 g/mol. The van der Waals surface area contributed by atoms with Crippen molar-refractivity contribution < 1.29 is 28.6 Å². The number of ether oxygens (including phenoxy) is 3. The molecule has 0 rings (SSSR count). The molecule has 0 radical (unpaired) electrons. The van der Waals surface area contributed by atoms with Crippen LogP contribution in [0.15, 0.2) is 48.6 Å². The Balaban J connectivity index is 4.38. The topological polar surface area (TPSA) is 78.9 Å². The van der Waals surface area contributed by atoms with E-state index in [2.05, 4.69) is 69.4 Å². The van der Waals surface area contributed by atoms with E-state index in [0.717, 1.165) is 57.8 Å². The van der Waals surface area contributed by atoms with Crippen LogP contribution >= 0.6 is 0 Å². The molecule has 0 saturated carbocycles. The molecule has 0 aromatic carbocycles. The number of esters is 3. The van der Waals surface area contributed by atoms with Gasteiger partial charge >= 0.3 is 17.9 Å². The molecule has 0 saturated heterocycles. The van der Waals surface area contributed by atoms with Gasteiger partial charge in [-0.1, -0.05) is 307 Å². The maximum absolute atomic E-state index is 12.9. The molecule has 0 heterocycles. The number of carbonyl (C=O) groups excluding carboxylic acids is 3. The number of unbranched alkanes of at least 4 members (excludes halogenated alkanes) is 42. The summed E-state index contributed by atoms with van der Waals surface area (Å²) < 4.78 is 16.9. The van der Waals surface area contributed by atoms with Crippen molar-refractivity contribution in [3.8, 4) is 0 Å². The summed E-state index contributed by atoms with van der Waals surface area (Å²) in [6, 6.07) is 0. The number of allylic oxidation sites excluding steroid dienone is 8. The summed E-state index contributed by atoms with van der Waals surface area (Å²) in [4.78, 5) is 38.3. The Morgan fingerprint density at radius 1 is 0.267 bits per heavy atom. The van der Waals surface area contributed by atoms with Crippen molar-refractivity contribution in [3.63, 3.8) is 0 Å². The molecule has 75 heavy (non-hydrogen) atoms. The zero-order chi connectivity index (χ0) is 54.3. The van der Waals surface area contributed by atoms with Crippen LogP contribution in [0.2, 0.25) is 0 Å². The van der Waals surface area contributed by atoms with Gasteiger partial charge in [-0.05, 0) is 77.0 Å². The predicted octanol–water partition coefficient (Wildman–Crippen LogP) is 22.6. The lowest BCUT2D eigenvalue weighted by Crippen LogP contribution is -2.30. The van der Waals surface area contributed by atoms with Crippen LogP contribution in [0.25, 0.3) is 0 Å². The van der Waals surface area contributed by atoms with Gasteiger partial charge in [-0.3, -0.25) is 14.4 Å². The molecule has 0 aliphatic rings. The van der Waals surface area contributed by atoms with Crippen molar-refractivity contribution in [3.05, 3.63) is 48.6 Å². The second-order valence-electron chi connectivity index (χ2n) is 22.4. The highest BCUT2D eigenvalue weighted by Gasteiger charge is 2.19. The first kappa shape index (κ1) is 72.4. The number of hydrogen-bond acceptors (Lipinski definition) is 6. The van der Waals surface area contributed by atoms with Gasteiger partial charge in [-0.25, -0.2) is 0 Å². The van der Waals surface area contributed by atoms with Crippen molar-refractivity contribution in [2.75, 3.05) is 13.2 Å². The Morgan fingerprint density at radius 2 is 0.493 bits per heavy atom. The van der Waals surface area contributed by atoms with E-state index in [9.17, 15) is 14.4 Å². The summed E-state index contributed by atoms with van der Waals surface area (Å²) in [6.07, 6.45) is 79.9. The highest BCUT2D eigenvalue weighted by molar-refractivity contribution is 5.71. The normalized spacial score (nSPS) is 12.3. The van der Waals surface area contributed by atoms with E-state index >= 15 is 0 Å². The monoisotopic (exact) mass is 1050 g/mol. The second kappa shape index (κ2) is 63.9. The predicted molar refractivity (Wildman–Crippen MR) is 325 cm³/mol. The van der Waals surface area contributed by atoms with Gasteiger partial charge in [0.15, 0.2) is 6.10 Å². The first-order valence-electron chi connectivity index (χ1n) is 33.1. The number of carbonyl (C=O) groups is 3. The Labute approximate surface area is 467 Å². The Hall–Kier alpha value is -2.63. The van der Waals surface area contributed by atoms with Crippen molar-refractivity contribution in [2.24, 2.45) is 0 Å². The maximum atomic E-state index is 12.9. The number of hydrogen-bond donors (Lipinski definition) is 0. The zero-order valence-electron chi connectivity index (χ0n) is 50.3. The summed E-state index contributed by atoms with van der Waals surface area (Å²) in [5, 5.41) is 0. The molecule has 0 bridgehead atoms. The first-order chi connectivity index (χ1) is 37.0. The van der Waals surface area contributed by atoms with E-state index in [1.165, 1.54) is 250 Å². The van der Waals surface area contributed by atoms with Crippen LogP contribution < -0.4 is 0 Å². The first-order valence-corrected chi connectivity index (χ1v) is 33.1. The van der Waals surface area contributed by atoms with Crippen molar-refractivity contribution in [1.82, 2.24) is 0 Å². The average molecular weight is 1050 g/mol. The molecule has 0 spiro atoms. The Kier molecular flexibility index (Phi) is 61.7. The molecule has 0 N–H and O–H groups in total. The lowest BCUT2D eigenvalue weighted by molar-refractivity contribution is -0.167. The summed E-state index contributed by atoms with van der Waals surface area (Å²) in [5.74, 6) is -0.920. The molecule has 6 heteroatoms. The molecule has 6 nitrogen and oxygen atoms in total. The van der Waals surface area contributed by atoms with Gasteiger partial charge in [0.25, 0.3) is 0 Å². The SMILES string of the molecule is CCCCCCCC/C=C\C/C=C\C/C=C\CCCC(=O)OC[C@H](COC(=O)CCCCCCCCCCCCCCCCCCCCCCC)OC(=O)CCCCCCCCCCC/C=C\CCCCCCCC. The Morgan fingerprint density at radius 3 is 0.813 bits per heavy atom. The minimum atomic E-state index is -0.794. The van der Waals surface area contributed by atoms with Gasteiger partial charge in [0, 0.05) is 19.3 Å². The molecule has 0 unspecified atom stereocenters. The maximum Gasteiger partial charge on any atom is 0.306 e. The summed E-state index contributed by atoms with van der Waals surface area (Å²) in [7, 11) is 0. The lowest BCUT2D eigenvalue weighted by Gasteiger charge is -2.18. The van der Waals surface area contributed by atoms with Gasteiger partial charge in [0.1, 0.15) is 13.2 Å². The second-order valence-corrected chi connectivity index (χ2v) is 22.4. The highest BCUT2D eigenvalue weighted by Crippen LogP contribution is 2.17. The molecule has 1 atom stereocenters. The summed E-state index contributed by atoms with van der Waals surface area (Å²) in [5.41, 5.74) is 0. The average Bonchev–Trinajstić information content (AvgIpc) is 3.41. The zero-order valence-corrected chi connectivity index (χ0v) is 50.3. The van der Waals surface area contributed by atoms with E-state index < -0.39 is 6.10 Å². The van der Waals surface area contributed by atoms with E-state index in [0.29, 0.717) is 25.7 Å². The van der Waals surface area contributed by atoms with Gasteiger partial charge in [-0.2, -0.15) is 0 Å². The summed E-state index contributed by atoms with van der Waals surface area (Å²) >= 11 is 0. The van der Waals surface area contributed by atoms with E-state index in [-0.39, 0.29) is 31.1 Å². The van der Waals surface area contributed by atoms with Crippen molar-refractivity contribution in [2.45, 2.75) is 361 Å². The van der Waals surface area contributed by atoms with Crippen LogP contribution in [0, 0.1) is 0 Å². The largest absolute Gasteiger partial charge is 0.462 e. The Bertz CT molecular complexity index is 1300. The van der Waals surface area contributed by atoms with E-state index in [1.807, 2.05) is 0 Å². The van der Waals surface area contributed by atoms with E-state index in [1.54, 1.807) is 0 Å². The number of rotatable bonds is 61. The standard InChI is InChI=1S/C69H126O6/c1-4-7-10-13-16-19-22-25-28-31-33-34-36-38-41-44-47-50-53-56-59-62-68(71)74-65-66(64-73-67(70)61-58-55-52-49-46-43-40-37-30-27-24-21-18-15-12-9-6-3)75-69(72)63-60-57-54-51-48-45-42-39-35-32-29-26-23-20-17-14-11-8-5-2/h26-27,29-30,40,43,49,52,66H,4-25,28,31-39,41-42,44-48,50-51,53-65H2,1-3H3/b29-26-,30-27-,43-40-,52-49-/t66-/m1/s1. The van der Waals surface area contributed by atoms with Crippen LogP contribution in [0.5, 0.6) is 0 Å². The highest BCUT2D eigenvalue weighted by atomic mass is 16.6. The van der Waals surface area contributed by atoms with Crippen LogP contribution in [0.4, 0.5) is 0 Å². The molecule has 0 aromatic heterocycles. The van der Waals surface area contributed by atoms with Gasteiger partial charge in [0.2, 0.25) is 0 Å². The fourth-order valence-corrected chi connectivity index (χ4v) is 9.81. The lowest BCUT2D eigenvalue weighted by atomic mass is 10.0. The molecule has 438 valence electrons. The molecular formula is C69H126O6. The van der Waals surface area contributed by atoms with Crippen molar-refractivity contribution >= 4 is 17.9 Å². The smallest absolute Gasteiger partial charge is 0.306 e. The summed E-state index contributed by atoms with van der Waals surface area (Å²) in [6.45, 7) is 6.65. The fraction of sp³-hybridized carbons (Fsp3) is 0.841. The quantitative estimate of drug-likeness (QED) is 0.0261. The minimum absolute atomic E-state index is 0.0856. The molecule has 0 fully saturated rings. The van der Waals surface area contributed by atoms with Crippen LogP contribution in [0.1, 0.15) is 355 Å². The molecule has 0 aliphatic heterocycles. The van der Waals surface area contributed by atoms with Crippen LogP contribution in [-0.4, -0.2) is 37.2 Å². The van der Waals surface area contributed by atoms with Gasteiger partial charge in [0.05, 0.1) is 0 Å². The third-order valence-corrected chi connectivity index (χ3v) is 14.8. The van der Waals surface area contributed by atoms with Crippen LogP contribution in [0.3, 0.4) is 0 Å². The van der Waals surface area contributed by atoms with Crippen LogP contribution in [-0.2, 0) is 28.6 Å². The van der Waals surface area contributed by atoms with Crippen molar-refractivity contribution in [1.29, 1.82) is 0 Å². The third-order valence-electron chi connectivity index (χ3n) is 14.8. The molecule has 0 amide bonds. The van der Waals surface area contributed by atoms with Gasteiger partial charge < -0.3 is 14.2 Å². The minimum Gasteiger partial charge on any atom is -0.462 e. The fourth-order valence-electron chi connectivity index (χ4n) is 9.81. The third kappa shape index (κ3) is 62.1. The van der Waals surface area contributed by atoms with E-state index in [4.69, 9.17) is 14.2 Å². The molecule has 0 aliphatic carbocycles. The van der Waals surface area contributed by atoms with Gasteiger partial charge in [-0.15, -0.1) is 0 Å².